The van der Waals surface area contributed by atoms with Crippen LogP contribution in [0.15, 0.2) is 18.2 Å². The molecule has 1 aromatic carbocycles. The number of benzene rings is 1. The van der Waals surface area contributed by atoms with Crippen molar-refractivity contribution in [2.45, 2.75) is 19.3 Å². The monoisotopic (exact) mass is 292 g/mol. The van der Waals surface area contributed by atoms with E-state index >= 15 is 0 Å². The Morgan fingerprint density at radius 1 is 1.24 bits per heavy atom. The number of carbonyl (C=O) groups excluding carboxylic acids is 1. The zero-order valence-corrected chi connectivity index (χ0v) is 10.8. The molecule has 0 saturated heterocycles. The van der Waals surface area contributed by atoms with Crippen molar-refractivity contribution in [2.24, 2.45) is 0 Å². The number of fused-ring (bicyclic) bond motifs is 1. The van der Waals surface area contributed by atoms with Crippen molar-refractivity contribution >= 4 is 11.8 Å². The van der Waals surface area contributed by atoms with E-state index in [0.29, 0.717) is 12.8 Å². The van der Waals surface area contributed by atoms with Crippen LogP contribution in [-0.2, 0) is 6.42 Å². The van der Waals surface area contributed by atoms with Crippen molar-refractivity contribution in [3.8, 4) is 5.69 Å². The van der Waals surface area contributed by atoms with Gasteiger partial charge in [0.1, 0.15) is 5.69 Å². The summed E-state index contributed by atoms with van der Waals surface area (Å²) in [7, 11) is 0. The topological polar surface area (TPSA) is 72.2 Å². The lowest BCUT2D eigenvalue weighted by Crippen LogP contribution is -2.15. The van der Waals surface area contributed by atoms with Gasteiger partial charge in [-0.1, -0.05) is 6.07 Å². The summed E-state index contributed by atoms with van der Waals surface area (Å²) in [5, 5.41) is 12.9. The number of aromatic nitrogens is 2. The molecule has 2 aromatic rings. The summed E-state index contributed by atoms with van der Waals surface area (Å²) in [4.78, 5) is 23.1. The number of carboxylic acids is 1. The quantitative estimate of drug-likeness (QED) is 0.922. The lowest BCUT2D eigenvalue weighted by molar-refractivity contribution is 0.0684. The van der Waals surface area contributed by atoms with Gasteiger partial charge >= 0.3 is 5.97 Å². The molecule has 0 aliphatic heterocycles. The van der Waals surface area contributed by atoms with E-state index in [4.69, 9.17) is 5.11 Å². The van der Waals surface area contributed by atoms with Crippen LogP contribution in [0.3, 0.4) is 0 Å². The van der Waals surface area contributed by atoms with E-state index in [9.17, 15) is 18.4 Å². The number of ketones is 1. The van der Waals surface area contributed by atoms with Gasteiger partial charge < -0.3 is 5.11 Å². The fourth-order valence-corrected chi connectivity index (χ4v) is 2.54. The number of rotatable bonds is 2. The normalized spacial score (nSPS) is 14.1. The van der Waals surface area contributed by atoms with Crippen LogP contribution in [0.25, 0.3) is 5.69 Å². The highest BCUT2D eigenvalue weighted by molar-refractivity contribution is 6.06. The second-order valence-electron chi connectivity index (χ2n) is 4.73. The molecule has 1 aliphatic carbocycles. The summed E-state index contributed by atoms with van der Waals surface area (Å²) in [5.74, 6) is -3.49. The van der Waals surface area contributed by atoms with Gasteiger partial charge in [-0.25, -0.2) is 18.3 Å². The van der Waals surface area contributed by atoms with Crippen LogP contribution in [0.2, 0.25) is 0 Å². The van der Waals surface area contributed by atoms with E-state index in [0.717, 1.165) is 16.8 Å². The first kappa shape index (κ1) is 13.4. The van der Waals surface area contributed by atoms with Crippen molar-refractivity contribution in [1.82, 2.24) is 9.78 Å². The smallest absolute Gasteiger partial charge is 0.357 e. The number of para-hydroxylation sites is 1. The molecule has 1 N–H and O–H groups in total. The Labute approximate surface area is 117 Å². The fourth-order valence-electron chi connectivity index (χ4n) is 2.54. The number of aromatic carboxylic acids is 1. The van der Waals surface area contributed by atoms with E-state index in [1.165, 1.54) is 6.07 Å². The van der Waals surface area contributed by atoms with Crippen molar-refractivity contribution < 1.29 is 23.5 Å². The van der Waals surface area contributed by atoms with E-state index in [2.05, 4.69) is 5.10 Å². The summed E-state index contributed by atoms with van der Waals surface area (Å²) in [6.07, 6.45) is 1.04. The minimum atomic E-state index is -1.39. The maximum absolute atomic E-state index is 13.9. The first-order chi connectivity index (χ1) is 10.0. The van der Waals surface area contributed by atoms with Crippen LogP contribution < -0.4 is 0 Å². The maximum Gasteiger partial charge on any atom is 0.357 e. The summed E-state index contributed by atoms with van der Waals surface area (Å²) >= 11 is 0. The van der Waals surface area contributed by atoms with Gasteiger partial charge in [0.05, 0.1) is 11.3 Å². The van der Waals surface area contributed by atoms with Crippen LogP contribution in [0.1, 0.15) is 39.4 Å². The van der Waals surface area contributed by atoms with Crippen molar-refractivity contribution in [1.29, 1.82) is 0 Å². The minimum Gasteiger partial charge on any atom is -0.476 e. The first-order valence-corrected chi connectivity index (χ1v) is 6.33. The molecule has 0 atom stereocenters. The van der Waals surface area contributed by atoms with Gasteiger partial charge in [-0.2, -0.15) is 5.10 Å². The Morgan fingerprint density at radius 2 is 1.90 bits per heavy atom. The summed E-state index contributed by atoms with van der Waals surface area (Å²) in [6.45, 7) is 0. The predicted octanol–water partition coefficient (Wildman–Crippen LogP) is 2.37. The van der Waals surface area contributed by atoms with Gasteiger partial charge in [-0.05, 0) is 25.0 Å². The number of halogens is 2. The second-order valence-corrected chi connectivity index (χ2v) is 4.73. The number of hydrogen-bond acceptors (Lipinski definition) is 3. The van der Waals surface area contributed by atoms with Crippen molar-refractivity contribution in [2.75, 3.05) is 0 Å². The maximum atomic E-state index is 13.9. The van der Waals surface area contributed by atoms with Crippen molar-refractivity contribution in [3.05, 3.63) is 46.8 Å². The van der Waals surface area contributed by atoms with E-state index < -0.39 is 29.0 Å². The van der Waals surface area contributed by atoms with Gasteiger partial charge in [0.15, 0.2) is 23.1 Å². The number of Topliss-reactive ketones (excluding diaryl/α,β-unsaturated/α-hetero) is 1. The third-order valence-corrected chi connectivity index (χ3v) is 3.43. The van der Waals surface area contributed by atoms with E-state index in [1.807, 2.05) is 0 Å². The molecule has 108 valence electrons. The van der Waals surface area contributed by atoms with Gasteiger partial charge in [0.2, 0.25) is 0 Å². The minimum absolute atomic E-state index is 0.0450. The van der Waals surface area contributed by atoms with Crippen LogP contribution in [0.4, 0.5) is 8.78 Å². The molecule has 0 amide bonds. The third kappa shape index (κ3) is 2.01. The lowest BCUT2D eigenvalue weighted by atomic mass is 9.94. The average molecular weight is 292 g/mol. The molecule has 1 aromatic heterocycles. The van der Waals surface area contributed by atoms with E-state index in [1.54, 1.807) is 0 Å². The zero-order chi connectivity index (χ0) is 15.1. The van der Waals surface area contributed by atoms with Crippen LogP contribution in [0, 0.1) is 11.6 Å². The molecule has 0 spiro atoms. The van der Waals surface area contributed by atoms with Crippen LogP contribution >= 0.6 is 0 Å². The molecule has 21 heavy (non-hydrogen) atoms. The molecule has 0 radical (unpaired) electrons. The molecule has 5 nitrogen and oxygen atoms in total. The molecule has 0 unspecified atom stereocenters. The molecule has 0 bridgehead atoms. The Kier molecular flexibility index (Phi) is 3.04. The van der Waals surface area contributed by atoms with E-state index in [-0.39, 0.29) is 23.5 Å². The number of nitrogens with zero attached hydrogens (tertiary/aromatic N) is 2. The van der Waals surface area contributed by atoms with Gasteiger partial charge in [0, 0.05) is 6.42 Å². The second kappa shape index (κ2) is 4.76. The highest BCUT2D eigenvalue weighted by Crippen LogP contribution is 2.29. The largest absolute Gasteiger partial charge is 0.476 e. The molecule has 0 saturated carbocycles. The summed E-state index contributed by atoms with van der Waals surface area (Å²) in [5.41, 5.74) is -0.725. The summed E-state index contributed by atoms with van der Waals surface area (Å²) in [6, 6.07) is 3.31. The molecule has 3 rings (SSSR count). The molecular formula is C14H10F2N2O3. The van der Waals surface area contributed by atoms with Gasteiger partial charge in [-0.3, -0.25) is 4.79 Å². The molecular weight excluding hydrogens is 282 g/mol. The predicted molar refractivity (Wildman–Crippen MR) is 67.7 cm³/mol. The van der Waals surface area contributed by atoms with Gasteiger partial charge in [-0.15, -0.1) is 0 Å². The number of carbonyl (C=O) groups is 2. The zero-order valence-electron chi connectivity index (χ0n) is 10.8. The fraction of sp³-hybridized carbons (Fsp3) is 0.214. The Balaban J connectivity index is 2.32. The Morgan fingerprint density at radius 3 is 2.52 bits per heavy atom. The third-order valence-electron chi connectivity index (χ3n) is 3.43. The van der Waals surface area contributed by atoms with Crippen LogP contribution in [-0.4, -0.2) is 26.6 Å². The SMILES string of the molecule is O=C(O)c1nn(-c2c(F)cccc2F)c2c1C(=O)CCC2. The molecule has 7 heteroatoms. The highest BCUT2D eigenvalue weighted by atomic mass is 19.1. The average Bonchev–Trinajstić information content (AvgIpc) is 2.80. The van der Waals surface area contributed by atoms with Crippen molar-refractivity contribution in [3.63, 3.8) is 0 Å². The molecule has 0 fully saturated rings. The highest BCUT2D eigenvalue weighted by Gasteiger charge is 2.32. The molecule has 1 aliphatic rings. The van der Waals surface area contributed by atoms with Crippen LogP contribution in [0.5, 0.6) is 0 Å². The lowest BCUT2D eigenvalue weighted by Gasteiger charge is -2.14. The van der Waals surface area contributed by atoms with Gasteiger partial charge in [0.25, 0.3) is 0 Å². The number of hydrogen-bond donors (Lipinski definition) is 1. The Bertz CT molecular complexity index is 748. The molecule has 1 heterocycles. The Hall–Kier alpha value is -2.57. The standard InChI is InChI=1S/C14H10F2N2O3/c15-7-3-1-4-8(16)13(7)18-9-5-2-6-10(19)11(9)12(17-18)14(20)21/h1,3-4H,2,5-6H2,(H,20,21). The first-order valence-electron chi connectivity index (χ1n) is 6.33. The summed E-state index contributed by atoms with van der Waals surface area (Å²) < 4.78 is 28.7. The number of carboxylic acid groups (broad SMARTS) is 1.